The Kier molecular flexibility index (Phi) is 2.65. The maximum absolute atomic E-state index is 5.63. The standard InChI is InChI=1S/C13H16N4/c14-7-10-5-12(6-10)17-9-11(8-16-17)13-3-1-2-4-15-13/h1-4,8-10,12H,5-7,14H2. The summed E-state index contributed by atoms with van der Waals surface area (Å²) in [6.45, 7) is 0.796. The molecule has 0 saturated heterocycles. The highest BCUT2D eigenvalue weighted by Crippen LogP contribution is 2.37. The topological polar surface area (TPSA) is 56.7 Å². The first-order valence-electron chi connectivity index (χ1n) is 6.02. The Hall–Kier alpha value is -1.68. The Bertz CT molecular complexity index is 485. The van der Waals surface area contributed by atoms with E-state index >= 15 is 0 Å². The highest BCUT2D eigenvalue weighted by molar-refractivity contribution is 5.56. The number of nitrogens with zero attached hydrogens (tertiary/aromatic N) is 3. The molecule has 2 heterocycles. The summed E-state index contributed by atoms with van der Waals surface area (Å²) in [6.07, 6.45) is 8.08. The zero-order chi connectivity index (χ0) is 11.7. The zero-order valence-corrected chi connectivity index (χ0v) is 9.66. The smallest absolute Gasteiger partial charge is 0.0733 e. The Morgan fingerprint density at radius 1 is 1.35 bits per heavy atom. The Balaban J connectivity index is 1.76. The van der Waals surface area contributed by atoms with Crippen molar-refractivity contribution in [3.63, 3.8) is 0 Å². The largest absolute Gasteiger partial charge is 0.330 e. The molecule has 1 fully saturated rings. The molecule has 0 spiro atoms. The molecular formula is C13H16N4. The summed E-state index contributed by atoms with van der Waals surface area (Å²) in [4.78, 5) is 4.32. The third-order valence-corrected chi connectivity index (χ3v) is 3.48. The van der Waals surface area contributed by atoms with E-state index in [1.165, 1.54) is 0 Å². The summed E-state index contributed by atoms with van der Waals surface area (Å²) in [5, 5.41) is 4.42. The van der Waals surface area contributed by atoms with Crippen molar-refractivity contribution in [1.29, 1.82) is 0 Å². The molecule has 4 heteroatoms. The third-order valence-electron chi connectivity index (χ3n) is 3.48. The molecule has 2 aromatic rings. The van der Waals surface area contributed by atoms with Gasteiger partial charge in [0, 0.05) is 18.0 Å². The van der Waals surface area contributed by atoms with Gasteiger partial charge >= 0.3 is 0 Å². The van der Waals surface area contributed by atoms with Gasteiger partial charge in [-0.25, -0.2) is 0 Å². The van der Waals surface area contributed by atoms with Crippen LogP contribution < -0.4 is 5.73 Å². The second-order valence-electron chi connectivity index (χ2n) is 4.65. The molecule has 0 aromatic carbocycles. The van der Waals surface area contributed by atoms with Gasteiger partial charge in [0.25, 0.3) is 0 Å². The highest BCUT2D eigenvalue weighted by atomic mass is 15.3. The van der Waals surface area contributed by atoms with Gasteiger partial charge in [0.05, 0.1) is 17.9 Å². The first kappa shape index (κ1) is 10.5. The van der Waals surface area contributed by atoms with Gasteiger partial charge in [0.1, 0.15) is 0 Å². The lowest BCUT2D eigenvalue weighted by atomic mass is 9.80. The van der Waals surface area contributed by atoms with Crippen molar-refractivity contribution in [1.82, 2.24) is 14.8 Å². The van der Waals surface area contributed by atoms with Crippen LogP contribution in [0.2, 0.25) is 0 Å². The van der Waals surface area contributed by atoms with Crippen LogP contribution in [0.15, 0.2) is 36.8 Å². The van der Waals surface area contributed by atoms with Crippen molar-refractivity contribution in [2.45, 2.75) is 18.9 Å². The van der Waals surface area contributed by atoms with Crippen molar-refractivity contribution in [3.05, 3.63) is 36.8 Å². The minimum Gasteiger partial charge on any atom is -0.330 e. The van der Waals surface area contributed by atoms with Crippen molar-refractivity contribution in [2.75, 3.05) is 6.54 Å². The minimum absolute atomic E-state index is 0.529. The molecule has 0 atom stereocenters. The first-order valence-corrected chi connectivity index (χ1v) is 6.02. The van der Waals surface area contributed by atoms with Crippen molar-refractivity contribution >= 4 is 0 Å². The SMILES string of the molecule is NCC1CC(n2cc(-c3ccccn3)cn2)C1. The molecule has 1 saturated carbocycles. The van der Waals surface area contributed by atoms with Crippen LogP contribution >= 0.6 is 0 Å². The highest BCUT2D eigenvalue weighted by Gasteiger charge is 2.29. The van der Waals surface area contributed by atoms with Gasteiger partial charge in [-0.3, -0.25) is 9.67 Å². The second-order valence-corrected chi connectivity index (χ2v) is 4.65. The predicted octanol–water partition coefficient (Wildman–Crippen LogP) is 1.85. The third kappa shape index (κ3) is 1.96. The van der Waals surface area contributed by atoms with Crippen LogP contribution in [-0.4, -0.2) is 21.3 Å². The maximum atomic E-state index is 5.63. The summed E-state index contributed by atoms with van der Waals surface area (Å²) < 4.78 is 2.05. The molecule has 0 amide bonds. The van der Waals surface area contributed by atoms with E-state index in [2.05, 4.69) is 21.0 Å². The van der Waals surface area contributed by atoms with Crippen LogP contribution in [0.5, 0.6) is 0 Å². The number of rotatable bonds is 3. The van der Waals surface area contributed by atoms with E-state index in [1.807, 2.05) is 24.4 Å². The molecule has 4 nitrogen and oxygen atoms in total. The lowest BCUT2D eigenvalue weighted by molar-refractivity contribution is 0.190. The van der Waals surface area contributed by atoms with Gasteiger partial charge in [0.2, 0.25) is 0 Å². The summed E-state index contributed by atoms with van der Waals surface area (Å²) in [5.74, 6) is 0.683. The van der Waals surface area contributed by atoms with Crippen molar-refractivity contribution < 1.29 is 0 Å². The number of hydrogen-bond donors (Lipinski definition) is 1. The quantitative estimate of drug-likeness (QED) is 0.872. The van der Waals surface area contributed by atoms with E-state index in [9.17, 15) is 0 Å². The van der Waals surface area contributed by atoms with Crippen molar-refractivity contribution in [3.8, 4) is 11.3 Å². The Morgan fingerprint density at radius 3 is 2.94 bits per heavy atom. The normalized spacial score (nSPS) is 23.4. The van der Waals surface area contributed by atoms with E-state index in [0.29, 0.717) is 12.0 Å². The van der Waals surface area contributed by atoms with E-state index in [-0.39, 0.29) is 0 Å². The van der Waals surface area contributed by atoms with Crippen LogP contribution in [0.3, 0.4) is 0 Å². The number of nitrogens with two attached hydrogens (primary N) is 1. The number of aromatic nitrogens is 3. The van der Waals surface area contributed by atoms with E-state index < -0.39 is 0 Å². The first-order chi connectivity index (χ1) is 8.36. The molecule has 2 aromatic heterocycles. The average molecular weight is 228 g/mol. The Labute approximate surface area is 100 Å². The van der Waals surface area contributed by atoms with Gasteiger partial charge in [-0.1, -0.05) is 6.07 Å². The molecule has 0 unspecified atom stereocenters. The number of hydrogen-bond acceptors (Lipinski definition) is 3. The fourth-order valence-corrected chi connectivity index (χ4v) is 2.31. The number of pyridine rings is 1. The molecular weight excluding hydrogens is 212 g/mol. The van der Waals surface area contributed by atoms with Gasteiger partial charge in [0.15, 0.2) is 0 Å². The average Bonchev–Trinajstić information content (AvgIpc) is 2.78. The van der Waals surface area contributed by atoms with Gasteiger partial charge in [-0.15, -0.1) is 0 Å². The van der Waals surface area contributed by atoms with E-state index in [1.54, 1.807) is 6.20 Å². The summed E-state index contributed by atoms with van der Waals surface area (Å²) in [6, 6.07) is 6.45. The maximum Gasteiger partial charge on any atom is 0.0733 e. The van der Waals surface area contributed by atoms with Crippen LogP contribution in [-0.2, 0) is 0 Å². The molecule has 88 valence electrons. The molecule has 1 aliphatic carbocycles. The minimum atomic E-state index is 0.529. The fourth-order valence-electron chi connectivity index (χ4n) is 2.31. The Morgan fingerprint density at radius 2 is 2.24 bits per heavy atom. The molecule has 0 bridgehead atoms. The second kappa shape index (κ2) is 4.30. The van der Waals surface area contributed by atoms with Gasteiger partial charge in [-0.2, -0.15) is 5.10 Å². The molecule has 17 heavy (non-hydrogen) atoms. The predicted molar refractivity (Wildman–Crippen MR) is 66.3 cm³/mol. The van der Waals surface area contributed by atoms with Gasteiger partial charge in [-0.05, 0) is 37.4 Å². The van der Waals surface area contributed by atoms with Crippen LogP contribution in [0.4, 0.5) is 0 Å². The summed E-state index contributed by atoms with van der Waals surface area (Å²) >= 11 is 0. The fraction of sp³-hybridized carbons (Fsp3) is 0.385. The molecule has 3 rings (SSSR count). The van der Waals surface area contributed by atoms with Crippen LogP contribution in [0.25, 0.3) is 11.3 Å². The van der Waals surface area contributed by atoms with Gasteiger partial charge < -0.3 is 5.73 Å². The monoisotopic (exact) mass is 228 g/mol. The van der Waals surface area contributed by atoms with E-state index in [4.69, 9.17) is 5.73 Å². The lowest BCUT2D eigenvalue weighted by Gasteiger charge is -2.34. The zero-order valence-electron chi connectivity index (χ0n) is 9.66. The molecule has 2 N–H and O–H groups in total. The van der Waals surface area contributed by atoms with Crippen LogP contribution in [0.1, 0.15) is 18.9 Å². The lowest BCUT2D eigenvalue weighted by Crippen LogP contribution is -2.32. The molecule has 0 aliphatic heterocycles. The van der Waals surface area contributed by atoms with E-state index in [0.717, 1.165) is 30.6 Å². The molecule has 0 radical (unpaired) electrons. The van der Waals surface area contributed by atoms with Crippen molar-refractivity contribution in [2.24, 2.45) is 11.7 Å². The summed E-state index contributed by atoms with van der Waals surface area (Å²) in [5.41, 5.74) is 7.70. The summed E-state index contributed by atoms with van der Waals surface area (Å²) in [7, 11) is 0. The van der Waals surface area contributed by atoms with Crippen LogP contribution in [0, 0.1) is 5.92 Å². The molecule has 1 aliphatic rings.